The number of carbonyl (C=O) groups is 3. The lowest BCUT2D eigenvalue weighted by molar-refractivity contribution is -0.124. The van der Waals surface area contributed by atoms with E-state index in [1.54, 1.807) is 4.90 Å². The van der Waals surface area contributed by atoms with Gasteiger partial charge >= 0.3 is 0 Å². The van der Waals surface area contributed by atoms with Gasteiger partial charge in [0.15, 0.2) is 5.11 Å². The van der Waals surface area contributed by atoms with Gasteiger partial charge in [0, 0.05) is 11.1 Å². The molecule has 1 aromatic rings. The zero-order valence-corrected chi connectivity index (χ0v) is 15.8. The summed E-state index contributed by atoms with van der Waals surface area (Å²) in [6.07, 6.45) is 0.805. The van der Waals surface area contributed by atoms with E-state index in [9.17, 15) is 14.4 Å². The van der Waals surface area contributed by atoms with Crippen LogP contribution in [0, 0.1) is 6.92 Å². The highest BCUT2D eigenvalue weighted by atomic mass is 32.1. The van der Waals surface area contributed by atoms with Gasteiger partial charge in [0.05, 0.1) is 11.3 Å². The lowest BCUT2D eigenvalue weighted by Crippen LogP contribution is -2.53. The number of hydrogen-bond donors (Lipinski definition) is 2. The van der Waals surface area contributed by atoms with Crippen LogP contribution in [0.4, 0.5) is 5.69 Å². The van der Waals surface area contributed by atoms with E-state index in [1.807, 2.05) is 26.8 Å². The number of hydrogen-bond acceptors (Lipinski definition) is 4. The third-order valence-corrected chi connectivity index (χ3v) is 5.50. The number of anilines is 1. The van der Waals surface area contributed by atoms with Crippen molar-refractivity contribution in [3.05, 3.63) is 34.4 Å². The van der Waals surface area contributed by atoms with E-state index >= 15 is 0 Å². The van der Waals surface area contributed by atoms with Gasteiger partial charge in [-0.05, 0) is 57.0 Å². The summed E-state index contributed by atoms with van der Waals surface area (Å²) in [6.45, 7) is 8.12. The molecule has 0 saturated carbocycles. The quantitative estimate of drug-likeness (QED) is 0.416. The number of nitrogens with zero attached hydrogens (tertiary/aromatic N) is 1. The Labute approximate surface area is 156 Å². The fourth-order valence-corrected chi connectivity index (χ4v) is 4.60. The summed E-state index contributed by atoms with van der Waals surface area (Å²) in [7, 11) is 0. The maximum absolute atomic E-state index is 13.4. The van der Waals surface area contributed by atoms with Gasteiger partial charge in [-0.25, -0.2) is 0 Å². The lowest BCUT2D eigenvalue weighted by atomic mass is 9.80. The van der Waals surface area contributed by atoms with Crippen LogP contribution in [0.3, 0.4) is 0 Å². The van der Waals surface area contributed by atoms with E-state index in [-0.39, 0.29) is 28.1 Å². The molecule has 6 nitrogen and oxygen atoms in total. The minimum atomic E-state index is -0.636. The van der Waals surface area contributed by atoms with Crippen molar-refractivity contribution in [1.29, 1.82) is 0 Å². The highest BCUT2D eigenvalue weighted by molar-refractivity contribution is 7.80. The Hall–Kier alpha value is -2.54. The van der Waals surface area contributed by atoms with Crippen LogP contribution in [0.25, 0.3) is 5.57 Å². The van der Waals surface area contributed by atoms with E-state index < -0.39 is 17.4 Å². The average Bonchev–Trinajstić information content (AvgIpc) is 2.78. The number of aryl methyl sites for hydroxylation is 1. The Morgan fingerprint density at radius 1 is 1.12 bits per heavy atom. The minimum Gasteiger partial charge on any atom is -0.302 e. The van der Waals surface area contributed by atoms with Crippen LogP contribution in [-0.4, -0.2) is 28.4 Å². The molecule has 1 unspecified atom stereocenters. The maximum atomic E-state index is 13.4. The fourth-order valence-electron chi connectivity index (χ4n) is 4.41. The van der Waals surface area contributed by atoms with Gasteiger partial charge in [-0.2, -0.15) is 0 Å². The average molecular weight is 369 g/mol. The Kier molecular flexibility index (Phi) is 3.40. The molecule has 1 fully saturated rings. The molecule has 7 heteroatoms. The van der Waals surface area contributed by atoms with Gasteiger partial charge in [-0.15, -0.1) is 0 Å². The van der Waals surface area contributed by atoms with E-state index in [1.165, 1.54) is 0 Å². The highest BCUT2D eigenvalue weighted by Gasteiger charge is 2.49. The SMILES string of the molecule is Cc1cc2c3c(c1)C(C)CC(C)(C)N3C(=O)C2=C1C(=O)NC(=S)NC1=O. The summed E-state index contributed by atoms with van der Waals surface area (Å²) in [4.78, 5) is 40.1. The molecule has 1 atom stereocenters. The molecule has 134 valence electrons. The molecule has 0 bridgehead atoms. The molecular formula is C19H19N3O3S. The first-order chi connectivity index (χ1) is 12.1. The van der Waals surface area contributed by atoms with Crippen LogP contribution in [-0.2, 0) is 14.4 Å². The van der Waals surface area contributed by atoms with Crippen molar-refractivity contribution < 1.29 is 14.4 Å². The smallest absolute Gasteiger partial charge is 0.263 e. The van der Waals surface area contributed by atoms with Crippen LogP contribution in [0.1, 0.15) is 49.8 Å². The van der Waals surface area contributed by atoms with Gasteiger partial charge in [-0.1, -0.05) is 18.6 Å². The summed E-state index contributed by atoms with van der Waals surface area (Å²) in [6, 6.07) is 3.96. The van der Waals surface area contributed by atoms with E-state index in [0.29, 0.717) is 5.56 Å². The number of nitrogens with one attached hydrogen (secondary N) is 2. The molecule has 3 amide bonds. The van der Waals surface area contributed by atoms with Gasteiger partial charge in [-0.3, -0.25) is 25.0 Å². The molecule has 0 radical (unpaired) electrons. The van der Waals surface area contributed by atoms with Gasteiger partial charge in [0.2, 0.25) is 0 Å². The lowest BCUT2D eigenvalue weighted by Gasteiger charge is -2.43. The molecule has 0 spiro atoms. The second-order valence-corrected chi connectivity index (χ2v) is 8.20. The van der Waals surface area contributed by atoms with Gasteiger partial charge in [0.25, 0.3) is 17.7 Å². The van der Waals surface area contributed by atoms with Crippen molar-refractivity contribution in [2.24, 2.45) is 0 Å². The predicted molar refractivity (Wildman–Crippen MR) is 102 cm³/mol. The summed E-state index contributed by atoms with van der Waals surface area (Å²) < 4.78 is 0. The molecule has 4 rings (SSSR count). The van der Waals surface area contributed by atoms with Crippen LogP contribution >= 0.6 is 12.2 Å². The Morgan fingerprint density at radius 2 is 1.73 bits per heavy atom. The van der Waals surface area contributed by atoms with Crippen LogP contribution < -0.4 is 15.5 Å². The van der Waals surface area contributed by atoms with Crippen LogP contribution in [0.2, 0.25) is 0 Å². The van der Waals surface area contributed by atoms with E-state index in [4.69, 9.17) is 12.2 Å². The van der Waals surface area contributed by atoms with Crippen LogP contribution in [0.5, 0.6) is 0 Å². The summed E-state index contributed by atoms with van der Waals surface area (Å²) >= 11 is 4.86. The first-order valence-corrected chi connectivity index (χ1v) is 8.93. The van der Waals surface area contributed by atoms with Crippen molar-refractivity contribution in [2.45, 2.75) is 45.6 Å². The molecule has 2 N–H and O–H groups in total. The molecule has 3 aliphatic heterocycles. The van der Waals surface area contributed by atoms with E-state index in [0.717, 1.165) is 23.2 Å². The standard InChI is InChI=1S/C19H19N3O3S/c1-8-5-10-9(2)7-19(3,4)22-14(10)11(6-8)12(17(22)25)13-15(23)20-18(26)21-16(13)24/h5-6,9H,7H2,1-4H3,(H2,20,21,23,24,26). The topological polar surface area (TPSA) is 78.5 Å². The van der Waals surface area contributed by atoms with Crippen molar-refractivity contribution in [1.82, 2.24) is 10.6 Å². The first kappa shape index (κ1) is 16.9. The molecule has 0 aromatic heterocycles. The summed E-state index contributed by atoms with van der Waals surface area (Å²) in [5.41, 5.74) is 3.12. The third-order valence-electron chi connectivity index (χ3n) is 5.29. The number of thiocarbonyl (C=S) groups is 1. The van der Waals surface area contributed by atoms with Crippen molar-refractivity contribution in [3.63, 3.8) is 0 Å². The zero-order chi connectivity index (χ0) is 19.0. The molecule has 26 heavy (non-hydrogen) atoms. The monoisotopic (exact) mass is 369 g/mol. The van der Waals surface area contributed by atoms with Gasteiger partial charge < -0.3 is 4.90 Å². The summed E-state index contributed by atoms with van der Waals surface area (Å²) in [5.74, 6) is -1.31. The zero-order valence-electron chi connectivity index (χ0n) is 15.0. The number of amides is 3. The normalized spacial score (nSPS) is 23.8. The molecule has 3 heterocycles. The number of rotatable bonds is 0. The number of benzene rings is 1. The molecular weight excluding hydrogens is 350 g/mol. The van der Waals surface area contributed by atoms with Crippen molar-refractivity contribution >= 4 is 46.3 Å². The van der Waals surface area contributed by atoms with Gasteiger partial charge in [0.1, 0.15) is 5.57 Å². The summed E-state index contributed by atoms with van der Waals surface area (Å²) in [5, 5.41) is 4.81. The predicted octanol–water partition coefficient (Wildman–Crippen LogP) is 1.91. The maximum Gasteiger partial charge on any atom is 0.263 e. The third kappa shape index (κ3) is 2.16. The second-order valence-electron chi connectivity index (χ2n) is 7.80. The van der Waals surface area contributed by atoms with Crippen LogP contribution in [0.15, 0.2) is 17.7 Å². The molecule has 1 saturated heterocycles. The fraction of sp³-hybridized carbons (Fsp3) is 0.368. The Bertz CT molecular complexity index is 939. The molecule has 1 aromatic carbocycles. The highest BCUT2D eigenvalue weighted by Crippen LogP contribution is 2.52. The molecule has 3 aliphatic rings. The second kappa shape index (κ2) is 5.23. The minimum absolute atomic E-state index is 0.0462. The van der Waals surface area contributed by atoms with Crippen molar-refractivity contribution in [3.8, 4) is 0 Å². The van der Waals surface area contributed by atoms with E-state index in [2.05, 4.69) is 23.6 Å². The first-order valence-electron chi connectivity index (χ1n) is 8.52. The Balaban J connectivity index is 2.06. The molecule has 0 aliphatic carbocycles. The number of carbonyl (C=O) groups excluding carboxylic acids is 3. The largest absolute Gasteiger partial charge is 0.302 e. The Morgan fingerprint density at radius 3 is 2.35 bits per heavy atom. The van der Waals surface area contributed by atoms with Crippen molar-refractivity contribution in [2.75, 3.05) is 4.90 Å².